The standard InChI is InChI=1S/C16H24N4O2S/c21-14(18-13-2-3-13)19-6-1-4-16(10-19)11-20(7-8-22-12-16)15-17-5-9-23-15/h5,9,13H,1-4,6-8,10-12H2,(H,18,21). The van der Waals surface area contributed by atoms with Gasteiger partial charge in [0.1, 0.15) is 0 Å². The molecule has 0 aromatic carbocycles. The van der Waals surface area contributed by atoms with E-state index in [9.17, 15) is 4.79 Å². The molecule has 2 saturated heterocycles. The highest BCUT2D eigenvalue weighted by Gasteiger charge is 2.41. The van der Waals surface area contributed by atoms with E-state index in [1.54, 1.807) is 11.3 Å². The Balaban J connectivity index is 1.47. The number of thiazole rings is 1. The van der Waals surface area contributed by atoms with Crippen LogP contribution in [-0.2, 0) is 4.74 Å². The smallest absolute Gasteiger partial charge is 0.317 e. The van der Waals surface area contributed by atoms with Gasteiger partial charge in [-0.3, -0.25) is 0 Å². The molecule has 126 valence electrons. The lowest BCUT2D eigenvalue weighted by molar-refractivity contribution is 0.0244. The van der Waals surface area contributed by atoms with Gasteiger partial charge >= 0.3 is 6.03 Å². The zero-order valence-corrected chi connectivity index (χ0v) is 14.2. The van der Waals surface area contributed by atoms with Gasteiger partial charge in [-0.2, -0.15) is 0 Å². The van der Waals surface area contributed by atoms with Crippen LogP contribution in [0.2, 0.25) is 0 Å². The molecule has 6 nitrogen and oxygen atoms in total. The maximum absolute atomic E-state index is 12.4. The number of amides is 2. The van der Waals surface area contributed by atoms with Gasteiger partial charge in [-0.1, -0.05) is 0 Å². The topological polar surface area (TPSA) is 57.7 Å². The number of anilines is 1. The average molecular weight is 336 g/mol. The predicted molar refractivity (Wildman–Crippen MR) is 89.9 cm³/mol. The van der Waals surface area contributed by atoms with Gasteiger partial charge in [-0.05, 0) is 25.7 Å². The molecular formula is C16H24N4O2S. The zero-order valence-electron chi connectivity index (χ0n) is 13.4. The minimum absolute atomic E-state index is 0.0291. The number of aromatic nitrogens is 1. The molecular weight excluding hydrogens is 312 g/mol. The molecule has 0 radical (unpaired) electrons. The van der Waals surface area contributed by atoms with Crippen LogP contribution < -0.4 is 10.2 Å². The van der Waals surface area contributed by atoms with Crippen molar-refractivity contribution in [1.82, 2.24) is 15.2 Å². The number of carbonyl (C=O) groups is 1. The summed E-state index contributed by atoms with van der Waals surface area (Å²) in [7, 11) is 0. The Labute approximate surface area is 140 Å². The Morgan fingerprint density at radius 2 is 2.30 bits per heavy atom. The van der Waals surface area contributed by atoms with Gasteiger partial charge in [-0.15, -0.1) is 11.3 Å². The van der Waals surface area contributed by atoms with Crippen LogP contribution in [0, 0.1) is 5.41 Å². The van der Waals surface area contributed by atoms with Crippen molar-refractivity contribution in [2.75, 3.05) is 44.3 Å². The first-order valence-electron chi connectivity index (χ1n) is 8.52. The second kappa shape index (κ2) is 6.28. The molecule has 1 aromatic heterocycles. The monoisotopic (exact) mass is 336 g/mol. The highest BCUT2D eigenvalue weighted by Crippen LogP contribution is 2.35. The molecule has 4 rings (SSSR count). The third-order valence-corrected chi connectivity index (χ3v) is 5.82. The molecule has 1 atom stereocenters. The Kier molecular flexibility index (Phi) is 4.15. The SMILES string of the molecule is O=C(NC1CC1)N1CCCC2(COCCN(c3nccs3)C2)C1. The fraction of sp³-hybridized carbons (Fsp3) is 0.750. The van der Waals surface area contributed by atoms with Crippen LogP contribution in [0.25, 0.3) is 0 Å². The van der Waals surface area contributed by atoms with E-state index < -0.39 is 0 Å². The molecule has 1 saturated carbocycles. The van der Waals surface area contributed by atoms with E-state index in [1.165, 1.54) is 0 Å². The van der Waals surface area contributed by atoms with Crippen molar-refractivity contribution in [3.8, 4) is 0 Å². The number of likely N-dealkylation sites (tertiary alicyclic amines) is 1. The summed E-state index contributed by atoms with van der Waals surface area (Å²) in [6, 6.07) is 0.522. The number of hydrogen-bond donors (Lipinski definition) is 1. The van der Waals surface area contributed by atoms with E-state index in [0.29, 0.717) is 6.04 Å². The number of urea groups is 1. The molecule has 0 bridgehead atoms. The lowest BCUT2D eigenvalue weighted by atomic mass is 9.80. The summed E-state index contributed by atoms with van der Waals surface area (Å²) in [5, 5.41) is 6.20. The van der Waals surface area contributed by atoms with Crippen LogP contribution in [0.5, 0.6) is 0 Å². The summed E-state index contributed by atoms with van der Waals surface area (Å²) in [4.78, 5) is 21.2. The van der Waals surface area contributed by atoms with Gasteiger partial charge in [0, 0.05) is 49.2 Å². The molecule has 1 unspecified atom stereocenters. The van der Waals surface area contributed by atoms with E-state index >= 15 is 0 Å². The Morgan fingerprint density at radius 1 is 1.39 bits per heavy atom. The Hall–Kier alpha value is -1.34. The second-order valence-corrected chi connectivity index (χ2v) is 7.91. The van der Waals surface area contributed by atoms with E-state index in [4.69, 9.17) is 4.74 Å². The summed E-state index contributed by atoms with van der Waals surface area (Å²) >= 11 is 1.68. The first-order valence-corrected chi connectivity index (χ1v) is 9.40. The van der Waals surface area contributed by atoms with Crippen molar-refractivity contribution in [2.24, 2.45) is 5.41 Å². The van der Waals surface area contributed by atoms with Gasteiger partial charge in [-0.25, -0.2) is 9.78 Å². The summed E-state index contributed by atoms with van der Waals surface area (Å²) in [5.74, 6) is 0. The first kappa shape index (κ1) is 15.2. The van der Waals surface area contributed by atoms with Gasteiger partial charge in [0.2, 0.25) is 0 Å². The minimum Gasteiger partial charge on any atom is -0.379 e. The molecule has 1 aliphatic carbocycles. The molecule has 2 amide bonds. The molecule has 1 N–H and O–H groups in total. The van der Waals surface area contributed by atoms with Crippen molar-refractivity contribution < 1.29 is 9.53 Å². The number of nitrogens with one attached hydrogen (secondary N) is 1. The van der Waals surface area contributed by atoms with E-state index in [-0.39, 0.29) is 11.4 Å². The molecule has 2 aliphatic heterocycles. The molecule has 3 aliphatic rings. The molecule has 23 heavy (non-hydrogen) atoms. The van der Waals surface area contributed by atoms with Crippen molar-refractivity contribution in [1.29, 1.82) is 0 Å². The number of ether oxygens (including phenoxy) is 1. The van der Waals surface area contributed by atoms with Gasteiger partial charge < -0.3 is 19.9 Å². The maximum Gasteiger partial charge on any atom is 0.317 e. The van der Waals surface area contributed by atoms with Crippen molar-refractivity contribution in [3.63, 3.8) is 0 Å². The van der Waals surface area contributed by atoms with Crippen molar-refractivity contribution in [2.45, 2.75) is 31.7 Å². The highest BCUT2D eigenvalue weighted by molar-refractivity contribution is 7.13. The van der Waals surface area contributed by atoms with Crippen molar-refractivity contribution in [3.05, 3.63) is 11.6 Å². The Morgan fingerprint density at radius 3 is 3.09 bits per heavy atom. The fourth-order valence-electron chi connectivity index (χ4n) is 3.65. The van der Waals surface area contributed by atoms with Crippen LogP contribution in [-0.4, -0.2) is 61.3 Å². The van der Waals surface area contributed by atoms with Gasteiger partial charge in [0.15, 0.2) is 5.13 Å². The van der Waals surface area contributed by atoms with E-state index in [1.807, 2.05) is 16.5 Å². The molecule has 1 aromatic rings. The number of carbonyl (C=O) groups excluding carboxylic acids is 1. The lowest BCUT2D eigenvalue weighted by Crippen LogP contribution is -2.54. The van der Waals surface area contributed by atoms with Crippen LogP contribution in [0.1, 0.15) is 25.7 Å². The maximum atomic E-state index is 12.4. The van der Waals surface area contributed by atoms with Gasteiger partial charge in [0.25, 0.3) is 0 Å². The van der Waals surface area contributed by atoms with E-state index in [0.717, 1.165) is 70.2 Å². The number of rotatable bonds is 2. The third kappa shape index (κ3) is 3.45. The lowest BCUT2D eigenvalue weighted by Gasteiger charge is -2.43. The molecule has 3 heterocycles. The van der Waals surface area contributed by atoms with Crippen molar-refractivity contribution >= 4 is 22.5 Å². The number of piperidine rings is 1. The molecule has 1 spiro atoms. The highest BCUT2D eigenvalue weighted by atomic mass is 32.1. The van der Waals surface area contributed by atoms with Crippen LogP contribution in [0.15, 0.2) is 11.6 Å². The largest absolute Gasteiger partial charge is 0.379 e. The first-order chi connectivity index (χ1) is 11.2. The number of hydrogen-bond acceptors (Lipinski definition) is 5. The summed E-state index contributed by atoms with van der Waals surface area (Å²) < 4.78 is 5.91. The summed E-state index contributed by atoms with van der Waals surface area (Å²) in [6.45, 7) is 4.92. The van der Waals surface area contributed by atoms with Crippen LogP contribution >= 0.6 is 11.3 Å². The molecule has 3 fully saturated rings. The third-order valence-electron chi connectivity index (χ3n) is 4.98. The molecule has 7 heteroatoms. The Bertz CT molecular complexity index is 548. The van der Waals surface area contributed by atoms with Gasteiger partial charge in [0.05, 0.1) is 13.2 Å². The zero-order chi connectivity index (χ0) is 15.7. The second-order valence-electron chi connectivity index (χ2n) is 7.04. The van der Waals surface area contributed by atoms with Crippen LogP contribution in [0.4, 0.5) is 9.93 Å². The van der Waals surface area contributed by atoms with Crippen LogP contribution in [0.3, 0.4) is 0 Å². The fourth-order valence-corrected chi connectivity index (χ4v) is 4.32. The average Bonchev–Trinajstić information content (AvgIpc) is 3.25. The quantitative estimate of drug-likeness (QED) is 0.897. The predicted octanol–water partition coefficient (Wildman–Crippen LogP) is 1.93. The summed E-state index contributed by atoms with van der Waals surface area (Å²) in [6.07, 6.45) is 6.28. The number of nitrogens with zero attached hydrogens (tertiary/aromatic N) is 3. The minimum atomic E-state index is 0.0291. The summed E-state index contributed by atoms with van der Waals surface area (Å²) in [5.41, 5.74) is 0.0291. The van der Waals surface area contributed by atoms with E-state index in [2.05, 4.69) is 15.2 Å². The normalized spacial score (nSPS) is 28.7.